The van der Waals surface area contributed by atoms with E-state index in [1.54, 1.807) is 26.0 Å². The van der Waals surface area contributed by atoms with E-state index in [-0.39, 0.29) is 17.9 Å². The Morgan fingerprint density at radius 2 is 1.82 bits per heavy atom. The summed E-state index contributed by atoms with van der Waals surface area (Å²) in [4.78, 5) is 43.7. The summed E-state index contributed by atoms with van der Waals surface area (Å²) in [5.74, 6) is -2.22. The quantitative estimate of drug-likeness (QED) is 0.312. The van der Waals surface area contributed by atoms with Crippen LogP contribution in [0, 0.1) is 16.0 Å². The van der Waals surface area contributed by atoms with Crippen molar-refractivity contribution < 1.29 is 19.2 Å². The number of hydrogen-bond acceptors (Lipinski definition) is 7. The standard InChI is InChI=1S/C26H29N3O5/c1-17-23(22(30)13-14-28(3)16-19-9-6-5-7-10-19)25(24(18(2)27-17)26(31)34-4)20-11-8-12-21(15-20)29(32)33/h5-12,15,24-25H,13-14,16H2,1-4H3. The van der Waals surface area contributed by atoms with Gasteiger partial charge in [0.15, 0.2) is 5.78 Å². The summed E-state index contributed by atoms with van der Waals surface area (Å²) in [6, 6.07) is 16.0. The molecule has 8 heteroatoms. The normalized spacial score (nSPS) is 18.0. The Bertz CT molecular complexity index is 1140. The average Bonchev–Trinajstić information content (AvgIpc) is 2.82. The lowest BCUT2D eigenvalue weighted by molar-refractivity contribution is -0.384. The van der Waals surface area contributed by atoms with Gasteiger partial charge < -0.3 is 9.64 Å². The monoisotopic (exact) mass is 463 g/mol. The number of Topliss-reactive ketones (excluding diaryl/α,β-unsaturated/α-hetero) is 1. The van der Waals surface area contributed by atoms with Gasteiger partial charge in [-0.2, -0.15) is 0 Å². The molecule has 0 fully saturated rings. The number of non-ortho nitro benzene ring substituents is 1. The number of carbonyl (C=O) groups is 2. The maximum Gasteiger partial charge on any atom is 0.315 e. The van der Waals surface area contributed by atoms with Crippen LogP contribution in [-0.4, -0.2) is 48.0 Å². The fraction of sp³-hybridized carbons (Fsp3) is 0.346. The number of aliphatic imine (C=N–C) groups is 1. The van der Waals surface area contributed by atoms with Gasteiger partial charge in [0.1, 0.15) is 5.92 Å². The van der Waals surface area contributed by atoms with Gasteiger partial charge in [-0.25, -0.2) is 0 Å². The van der Waals surface area contributed by atoms with Crippen molar-refractivity contribution in [3.8, 4) is 0 Å². The first kappa shape index (κ1) is 25.0. The number of ketones is 1. The largest absolute Gasteiger partial charge is 0.468 e. The number of nitrogens with zero attached hydrogens (tertiary/aromatic N) is 3. The van der Waals surface area contributed by atoms with Crippen molar-refractivity contribution in [1.82, 2.24) is 4.90 Å². The molecule has 2 aromatic rings. The summed E-state index contributed by atoms with van der Waals surface area (Å²) in [6.07, 6.45) is 0.226. The molecule has 0 saturated heterocycles. The van der Waals surface area contributed by atoms with E-state index in [0.29, 0.717) is 35.6 Å². The van der Waals surface area contributed by atoms with Crippen LogP contribution in [-0.2, 0) is 20.9 Å². The summed E-state index contributed by atoms with van der Waals surface area (Å²) in [5, 5.41) is 11.4. The fourth-order valence-electron chi connectivity index (χ4n) is 4.43. The SMILES string of the molecule is COC(=O)C1C(C)=NC(C)=C(C(=O)CCN(C)Cc2ccccc2)C1c1cccc([N+](=O)[O-])c1. The molecule has 1 heterocycles. The molecular formula is C26H29N3O5. The van der Waals surface area contributed by atoms with Crippen LogP contribution in [0.1, 0.15) is 37.3 Å². The van der Waals surface area contributed by atoms with Crippen LogP contribution in [0.25, 0.3) is 0 Å². The first-order chi connectivity index (χ1) is 16.2. The van der Waals surface area contributed by atoms with E-state index in [0.717, 1.165) is 5.56 Å². The van der Waals surface area contributed by atoms with Gasteiger partial charge in [-0.15, -0.1) is 0 Å². The molecule has 34 heavy (non-hydrogen) atoms. The van der Waals surface area contributed by atoms with E-state index in [9.17, 15) is 19.7 Å². The summed E-state index contributed by atoms with van der Waals surface area (Å²) >= 11 is 0. The number of carbonyl (C=O) groups excluding carboxylic acids is 2. The first-order valence-electron chi connectivity index (χ1n) is 11.1. The highest BCUT2D eigenvalue weighted by molar-refractivity contribution is 6.08. The second-order valence-electron chi connectivity index (χ2n) is 8.48. The van der Waals surface area contributed by atoms with E-state index in [2.05, 4.69) is 9.89 Å². The number of rotatable bonds is 9. The van der Waals surface area contributed by atoms with E-state index in [1.165, 1.54) is 19.2 Å². The molecule has 0 saturated carbocycles. The van der Waals surface area contributed by atoms with Gasteiger partial charge >= 0.3 is 5.97 Å². The molecular weight excluding hydrogens is 434 g/mol. The van der Waals surface area contributed by atoms with Crippen molar-refractivity contribution in [3.05, 3.63) is 87.1 Å². The second kappa shape index (κ2) is 11.0. The van der Waals surface area contributed by atoms with Gasteiger partial charge in [0.05, 0.1) is 12.0 Å². The molecule has 0 radical (unpaired) electrons. The Balaban J connectivity index is 1.92. The molecule has 2 unspecified atom stereocenters. The Labute approximate surface area is 199 Å². The molecule has 2 atom stereocenters. The van der Waals surface area contributed by atoms with Crippen LogP contribution in [0.4, 0.5) is 5.69 Å². The van der Waals surface area contributed by atoms with Crippen LogP contribution in [0.3, 0.4) is 0 Å². The third kappa shape index (κ3) is 5.63. The lowest BCUT2D eigenvalue weighted by Crippen LogP contribution is -2.36. The maximum absolute atomic E-state index is 13.5. The number of methoxy groups -OCH3 is 1. The number of nitro benzene ring substituents is 1. The zero-order valence-electron chi connectivity index (χ0n) is 19.9. The minimum atomic E-state index is -0.836. The smallest absolute Gasteiger partial charge is 0.315 e. The van der Waals surface area contributed by atoms with Gasteiger partial charge in [0.2, 0.25) is 0 Å². The van der Waals surface area contributed by atoms with Crippen LogP contribution in [0.2, 0.25) is 0 Å². The summed E-state index contributed by atoms with van der Waals surface area (Å²) in [5.41, 5.74) is 2.98. The minimum Gasteiger partial charge on any atom is -0.468 e. The Morgan fingerprint density at radius 3 is 2.47 bits per heavy atom. The molecule has 3 rings (SSSR count). The third-order valence-corrected chi connectivity index (χ3v) is 6.04. The van der Waals surface area contributed by atoms with Gasteiger partial charge in [-0.1, -0.05) is 42.5 Å². The van der Waals surface area contributed by atoms with E-state index >= 15 is 0 Å². The summed E-state index contributed by atoms with van der Waals surface area (Å²) in [6.45, 7) is 4.66. The zero-order valence-corrected chi connectivity index (χ0v) is 19.9. The Morgan fingerprint density at radius 1 is 1.12 bits per heavy atom. The van der Waals surface area contributed by atoms with E-state index in [4.69, 9.17) is 4.74 Å². The molecule has 1 aliphatic rings. The topological polar surface area (TPSA) is 102 Å². The van der Waals surface area contributed by atoms with Gasteiger partial charge in [-0.3, -0.25) is 24.7 Å². The molecule has 1 aliphatic heterocycles. The van der Waals surface area contributed by atoms with Crippen LogP contribution >= 0.6 is 0 Å². The third-order valence-electron chi connectivity index (χ3n) is 6.04. The molecule has 0 N–H and O–H groups in total. The van der Waals surface area contributed by atoms with E-state index in [1.807, 2.05) is 37.4 Å². The summed E-state index contributed by atoms with van der Waals surface area (Å²) in [7, 11) is 3.23. The number of ether oxygens (including phenoxy) is 1. The van der Waals surface area contributed by atoms with Crippen LogP contribution < -0.4 is 0 Å². The van der Waals surface area contributed by atoms with Gasteiger partial charge in [0, 0.05) is 54.5 Å². The molecule has 0 spiro atoms. The van der Waals surface area contributed by atoms with Crippen molar-refractivity contribution in [2.24, 2.45) is 10.9 Å². The highest BCUT2D eigenvalue weighted by Gasteiger charge is 2.41. The summed E-state index contributed by atoms with van der Waals surface area (Å²) < 4.78 is 5.02. The molecule has 0 amide bonds. The molecule has 178 valence electrons. The first-order valence-corrected chi connectivity index (χ1v) is 11.1. The van der Waals surface area contributed by atoms with Crippen LogP contribution in [0.15, 0.2) is 70.9 Å². The number of allylic oxidation sites excluding steroid dienone is 2. The fourth-order valence-corrected chi connectivity index (χ4v) is 4.43. The number of esters is 1. The van der Waals surface area contributed by atoms with Crippen molar-refractivity contribution in [3.63, 3.8) is 0 Å². The Hall–Kier alpha value is -3.65. The van der Waals surface area contributed by atoms with Crippen molar-refractivity contribution in [2.45, 2.75) is 32.7 Å². The predicted octanol–water partition coefficient (Wildman–Crippen LogP) is 4.31. The highest BCUT2D eigenvalue weighted by Crippen LogP contribution is 2.41. The predicted molar refractivity (Wildman–Crippen MR) is 130 cm³/mol. The highest BCUT2D eigenvalue weighted by atomic mass is 16.6. The van der Waals surface area contributed by atoms with Gasteiger partial charge in [0.25, 0.3) is 5.69 Å². The lowest BCUT2D eigenvalue weighted by atomic mass is 9.74. The molecule has 8 nitrogen and oxygen atoms in total. The molecule has 0 aliphatic carbocycles. The number of benzene rings is 2. The molecule has 0 aromatic heterocycles. The zero-order chi connectivity index (χ0) is 24.8. The van der Waals surface area contributed by atoms with Crippen LogP contribution in [0.5, 0.6) is 0 Å². The number of nitro groups is 1. The molecule has 2 aromatic carbocycles. The molecule has 0 bridgehead atoms. The minimum absolute atomic E-state index is 0.103. The van der Waals surface area contributed by atoms with Gasteiger partial charge in [-0.05, 0) is 32.0 Å². The second-order valence-corrected chi connectivity index (χ2v) is 8.48. The number of hydrogen-bond donors (Lipinski definition) is 0. The van der Waals surface area contributed by atoms with E-state index < -0.39 is 22.7 Å². The van der Waals surface area contributed by atoms with Crippen molar-refractivity contribution in [1.29, 1.82) is 0 Å². The lowest BCUT2D eigenvalue weighted by Gasteiger charge is -2.32. The average molecular weight is 464 g/mol. The maximum atomic E-state index is 13.5. The van der Waals surface area contributed by atoms with Crippen molar-refractivity contribution in [2.75, 3.05) is 20.7 Å². The van der Waals surface area contributed by atoms with Crippen molar-refractivity contribution >= 4 is 23.2 Å². The Kier molecular flexibility index (Phi) is 8.07.